The Balaban J connectivity index is 1.45. The molecule has 2 aliphatic heterocycles. The number of halogens is 3. The second kappa shape index (κ2) is 10.5. The summed E-state index contributed by atoms with van der Waals surface area (Å²) >= 11 is 5.95. The van der Waals surface area contributed by atoms with Gasteiger partial charge in [-0.25, -0.2) is 0 Å². The molecule has 1 aromatic heterocycles. The van der Waals surface area contributed by atoms with Gasteiger partial charge in [-0.3, -0.25) is 4.79 Å². The molecule has 0 unspecified atom stereocenters. The molecule has 0 aliphatic carbocycles. The summed E-state index contributed by atoms with van der Waals surface area (Å²) in [6, 6.07) is 8.63. The fraction of sp³-hybridized carbons (Fsp3) is 0.400. The molecule has 0 spiro atoms. The molecule has 1 saturated heterocycles. The Bertz CT molecular complexity index is 1350. The summed E-state index contributed by atoms with van der Waals surface area (Å²) in [4.78, 5) is 18.0. The molecular weight excluding hydrogens is 508 g/mol. The van der Waals surface area contributed by atoms with Gasteiger partial charge in [0, 0.05) is 21.9 Å². The Morgan fingerprint density at radius 3 is 2.65 bits per heavy atom. The zero-order valence-electron chi connectivity index (χ0n) is 19.7. The maximum atomic E-state index is 15.3. The number of furan rings is 1. The first-order chi connectivity index (χ1) is 17.8. The maximum absolute atomic E-state index is 15.3. The van der Waals surface area contributed by atoms with E-state index in [4.69, 9.17) is 25.5 Å². The SMILES string of the molecule is [N-]=[N+]=N[C@H](c1ccc2c(c1)OCCO2)[C@@H](CN1CCCC1)NC(=O)C(F)(F)c1cc2cc(Cl)ccc2o1. The van der Waals surface area contributed by atoms with Gasteiger partial charge in [-0.15, -0.1) is 0 Å². The number of nitrogens with one attached hydrogen (secondary N) is 1. The van der Waals surface area contributed by atoms with Crippen molar-refractivity contribution in [1.82, 2.24) is 10.2 Å². The molecule has 3 heterocycles. The number of nitrogens with zero attached hydrogens (tertiary/aromatic N) is 4. The van der Waals surface area contributed by atoms with Gasteiger partial charge in [0.25, 0.3) is 5.91 Å². The van der Waals surface area contributed by atoms with Gasteiger partial charge in [0.05, 0.1) is 12.1 Å². The van der Waals surface area contributed by atoms with Gasteiger partial charge in [-0.2, -0.15) is 8.78 Å². The van der Waals surface area contributed by atoms with Crippen molar-refractivity contribution in [1.29, 1.82) is 0 Å². The molecule has 9 nitrogen and oxygen atoms in total. The van der Waals surface area contributed by atoms with E-state index in [0.29, 0.717) is 40.7 Å². The number of ether oxygens (including phenoxy) is 2. The minimum Gasteiger partial charge on any atom is -0.486 e. The van der Waals surface area contributed by atoms with Gasteiger partial charge in [0.1, 0.15) is 18.8 Å². The average Bonchev–Trinajstić information content (AvgIpc) is 3.56. The van der Waals surface area contributed by atoms with E-state index in [1.165, 1.54) is 18.2 Å². The molecule has 12 heteroatoms. The van der Waals surface area contributed by atoms with Crippen LogP contribution in [0, 0.1) is 0 Å². The molecule has 194 valence electrons. The van der Waals surface area contributed by atoms with Crippen LogP contribution in [0.5, 0.6) is 11.5 Å². The molecule has 2 atom stereocenters. The van der Waals surface area contributed by atoms with E-state index in [0.717, 1.165) is 32.0 Å². The number of azide groups is 1. The van der Waals surface area contributed by atoms with E-state index < -0.39 is 29.7 Å². The Morgan fingerprint density at radius 1 is 1.14 bits per heavy atom. The van der Waals surface area contributed by atoms with Crippen molar-refractivity contribution in [2.75, 3.05) is 32.8 Å². The third-order valence-corrected chi connectivity index (χ3v) is 6.74. The van der Waals surface area contributed by atoms with Crippen LogP contribution in [0.3, 0.4) is 0 Å². The Kier molecular flexibility index (Phi) is 7.10. The lowest BCUT2D eigenvalue weighted by Crippen LogP contribution is -2.50. The summed E-state index contributed by atoms with van der Waals surface area (Å²) in [6.07, 6.45) is 1.91. The van der Waals surface area contributed by atoms with E-state index >= 15 is 8.78 Å². The van der Waals surface area contributed by atoms with Gasteiger partial charge in [0.15, 0.2) is 17.3 Å². The molecule has 2 aromatic carbocycles. The number of carbonyl (C=O) groups excluding carboxylic acids is 1. The smallest absolute Gasteiger partial charge is 0.380 e. The molecule has 37 heavy (non-hydrogen) atoms. The summed E-state index contributed by atoms with van der Waals surface area (Å²) < 4.78 is 47.2. The highest BCUT2D eigenvalue weighted by Crippen LogP contribution is 2.37. The topological polar surface area (TPSA) is 113 Å². The first kappa shape index (κ1) is 25.1. The quantitative estimate of drug-likeness (QED) is 0.231. The first-order valence-electron chi connectivity index (χ1n) is 11.9. The van der Waals surface area contributed by atoms with Crippen molar-refractivity contribution in [3.8, 4) is 11.5 Å². The van der Waals surface area contributed by atoms with Gasteiger partial charge < -0.3 is 24.1 Å². The molecular formula is C25H24ClF2N5O4. The van der Waals surface area contributed by atoms with E-state index in [2.05, 4.69) is 15.3 Å². The number of fused-ring (bicyclic) bond motifs is 2. The average molecular weight is 532 g/mol. The monoisotopic (exact) mass is 531 g/mol. The fourth-order valence-corrected chi connectivity index (χ4v) is 4.87. The fourth-order valence-electron chi connectivity index (χ4n) is 4.69. The molecule has 3 aromatic rings. The van der Waals surface area contributed by atoms with Crippen molar-refractivity contribution in [2.24, 2.45) is 5.11 Å². The number of carbonyl (C=O) groups is 1. The summed E-state index contributed by atoms with van der Waals surface area (Å²) in [5.41, 5.74) is 10.0. The number of likely N-dealkylation sites (tertiary alicyclic amines) is 1. The highest BCUT2D eigenvalue weighted by molar-refractivity contribution is 6.31. The van der Waals surface area contributed by atoms with Crippen molar-refractivity contribution >= 4 is 28.5 Å². The van der Waals surface area contributed by atoms with Crippen LogP contribution in [0.15, 0.2) is 52.0 Å². The molecule has 1 fully saturated rings. The van der Waals surface area contributed by atoms with E-state index in [9.17, 15) is 10.3 Å². The molecule has 2 aliphatic rings. The van der Waals surface area contributed by atoms with Crippen molar-refractivity contribution in [3.63, 3.8) is 0 Å². The minimum atomic E-state index is -3.98. The summed E-state index contributed by atoms with van der Waals surface area (Å²) in [7, 11) is 0. The normalized spacial score (nSPS) is 17.3. The number of benzene rings is 2. The van der Waals surface area contributed by atoms with Crippen LogP contribution in [0.1, 0.15) is 30.2 Å². The number of rotatable bonds is 8. The first-order valence-corrected chi connectivity index (χ1v) is 12.3. The molecule has 0 radical (unpaired) electrons. The van der Waals surface area contributed by atoms with Crippen LogP contribution >= 0.6 is 11.6 Å². The number of alkyl halides is 2. The Hall–Kier alpha value is -3.53. The lowest BCUT2D eigenvalue weighted by Gasteiger charge is -2.30. The van der Waals surface area contributed by atoms with E-state index in [1.807, 2.05) is 4.90 Å². The van der Waals surface area contributed by atoms with Crippen LogP contribution in [-0.4, -0.2) is 49.7 Å². The maximum Gasteiger partial charge on any atom is 0.380 e. The Labute approximate surface area is 215 Å². The third kappa shape index (κ3) is 5.29. The predicted molar refractivity (Wildman–Crippen MR) is 132 cm³/mol. The predicted octanol–water partition coefficient (Wildman–Crippen LogP) is 5.58. The minimum absolute atomic E-state index is 0.184. The van der Waals surface area contributed by atoms with Crippen LogP contribution in [-0.2, 0) is 10.7 Å². The molecule has 0 saturated carbocycles. The second-order valence-electron chi connectivity index (χ2n) is 9.01. The standard InChI is InChI=1S/C25H24ClF2N5O4/c26-17-4-6-19-16(11-17)13-22(37-19)25(27,28)24(34)30-18(14-33-7-1-2-8-33)23(31-32-29)15-3-5-20-21(12-15)36-10-9-35-20/h3-6,11-13,18,23H,1-2,7-10,14H2,(H,30,34)/t18-,23-/m1/s1. The van der Waals surface area contributed by atoms with Crippen molar-refractivity contribution < 1.29 is 27.5 Å². The van der Waals surface area contributed by atoms with Crippen LogP contribution in [0.4, 0.5) is 8.78 Å². The molecule has 5 rings (SSSR count). The van der Waals surface area contributed by atoms with Crippen molar-refractivity contribution in [3.05, 3.63) is 69.3 Å². The van der Waals surface area contributed by atoms with Gasteiger partial charge >= 0.3 is 5.92 Å². The number of amides is 1. The summed E-state index contributed by atoms with van der Waals surface area (Å²) in [6.45, 7) is 2.47. The van der Waals surface area contributed by atoms with E-state index in [1.54, 1.807) is 18.2 Å². The summed E-state index contributed by atoms with van der Waals surface area (Å²) in [5.74, 6) is -5.35. The van der Waals surface area contributed by atoms with E-state index in [-0.39, 0.29) is 12.1 Å². The third-order valence-electron chi connectivity index (χ3n) is 6.51. The van der Waals surface area contributed by atoms with Gasteiger partial charge in [0.2, 0.25) is 0 Å². The highest BCUT2D eigenvalue weighted by Gasteiger charge is 2.46. The molecule has 1 N–H and O–H groups in total. The largest absolute Gasteiger partial charge is 0.486 e. The lowest BCUT2D eigenvalue weighted by molar-refractivity contribution is -0.150. The molecule has 1 amide bonds. The lowest BCUT2D eigenvalue weighted by atomic mass is 9.98. The van der Waals surface area contributed by atoms with Crippen molar-refractivity contribution in [2.45, 2.75) is 30.8 Å². The van der Waals surface area contributed by atoms with Crippen LogP contribution < -0.4 is 14.8 Å². The number of hydrogen-bond acceptors (Lipinski definition) is 6. The van der Waals surface area contributed by atoms with Gasteiger partial charge in [-0.05, 0) is 73.4 Å². The van der Waals surface area contributed by atoms with Crippen LogP contribution in [0.2, 0.25) is 5.02 Å². The number of hydrogen-bond donors (Lipinski definition) is 1. The zero-order valence-corrected chi connectivity index (χ0v) is 20.5. The van der Waals surface area contributed by atoms with Crippen LogP contribution in [0.25, 0.3) is 21.4 Å². The van der Waals surface area contributed by atoms with Gasteiger partial charge in [-0.1, -0.05) is 22.8 Å². The zero-order chi connectivity index (χ0) is 26.0. The molecule has 0 bridgehead atoms. The second-order valence-corrected chi connectivity index (χ2v) is 9.44. The Morgan fingerprint density at radius 2 is 1.89 bits per heavy atom. The highest BCUT2D eigenvalue weighted by atomic mass is 35.5. The summed E-state index contributed by atoms with van der Waals surface area (Å²) in [5, 5.41) is 7.06.